The number of carbonyl (C=O) groups is 2. The van der Waals surface area contributed by atoms with Crippen LogP contribution < -0.4 is 15.8 Å². The van der Waals surface area contributed by atoms with Gasteiger partial charge in [0.25, 0.3) is 0 Å². The van der Waals surface area contributed by atoms with Crippen LogP contribution in [-0.4, -0.2) is 45.3 Å². The average Bonchev–Trinajstić information content (AvgIpc) is 2.90. The summed E-state index contributed by atoms with van der Waals surface area (Å²) in [6, 6.07) is 23.1. The van der Waals surface area contributed by atoms with Crippen LogP contribution in [-0.2, 0) is 38.5 Å². The maximum absolute atomic E-state index is 12.3. The molecular formula is C29H34N2O5. The molecule has 0 saturated carbocycles. The Labute approximate surface area is 212 Å². The fraction of sp³-hybridized carbons (Fsp3) is 0.310. The van der Waals surface area contributed by atoms with Gasteiger partial charge in [-0.2, -0.15) is 0 Å². The highest BCUT2D eigenvalue weighted by atomic mass is 16.5. The van der Waals surface area contributed by atoms with Gasteiger partial charge < -0.3 is 25.3 Å². The van der Waals surface area contributed by atoms with Crippen LogP contribution in [0.4, 0.5) is 0 Å². The molecule has 0 spiro atoms. The van der Waals surface area contributed by atoms with Crippen molar-refractivity contribution >= 4 is 11.9 Å². The highest BCUT2D eigenvalue weighted by Crippen LogP contribution is 2.29. The van der Waals surface area contributed by atoms with Crippen molar-refractivity contribution in [2.24, 2.45) is 5.73 Å². The maximum Gasteiger partial charge on any atom is 0.323 e. The van der Waals surface area contributed by atoms with Gasteiger partial charge >= 0.3 is 11.9 Å². The molecule has 7 heteroatoms. The van der Waals surface area contributed by atoms with Crippen LogP contribution in [0.2, 0.25) is 0 Å². The summed E-state index contributed by atoms with van der Waals surface area (Å²) in [4.78, 5) is 23.8. The Bertz CT molecular complexity index is 1150. The number of likely N-dealkylation sites (N-methyl/N-ethyl adjacent to an activating group) is 1. The first-order valence-electron chi connectivity index (χ1n) is 11.9. The van der Waals surface area contributed by atoms with Gasteiger partial charge in [0.05, 0.1) is 20.6 Å². The summed E-state index contributed by atoms with van der Waals surface area (Å²) in [5.74, 6) is 0.0561. The number of carbonyl (C=O) groups excluding carboxylic acids is 2. The van der Waals surface area contributed by atoms with Gasteiger partial charge in [-0.3, -0.25) is 9.59 Å². The van der Waals surface area contributed by atoms with Gasteiger partial charge in [0.15, 0.2) is 0 Å². The summed E-state index contributed by atoms with van der Waals surface area (Å²) in [6.07, 6.45) is 1.13. The SMILES string of the molecule is CN[C@@H](Cc1cc(-c2cccc(CC(N)CC(=O)OC)c2)ccc1OCc1ccccc1)C(=O)OC. The van der Waals surface area contributed by atoms with E-state index in [9.17, 15) is 9.59 Å². The van der Waals surface area contributed by atoms with E-state index in [4.69, 9.17) is 19.9 Å². The second kappa shape index (κ2) is 13.4. The van der Waals surface area contributed by atoms with Gasteiger partial charge in [-0.15, -0.1) is 0 Å². The molecule has 0 aromatic heterocycles. The van der Waals surface area contributed by atoms with E-state index in [1.54, 1.807) is 7.05 Å². The van der Waals surface area contributed by atoms with Crippen molar-refractivity contribution < 1.29 is 23.8 Å². The first-order valence-corrected chi connectivity index (χ1v) is 11.9. The van der Waals surface area contributed by atoms with E-state index in [0.717, 1.165) is 27.8 Å². The average molecular weight is 491 g/mol. The Kier molecular flexibility index (Phi) is 10.0. The maximum atomic E-state index is 12.3. The van der Waals surface area contributed by atoms with E-state index >= 15 is 0 Å². The first kappa shape index (κ1) is 26.9. The zero-order valence-corrected chi connectivity index (χ0v) is 21.0. The summed E-state index contributed by atoms with van der Waals surface area (Å²) in [6.45, 7) is 0.420. The molecule has 0 radical (unpaired) electrons. The molecule has 36 heavy (non-hydrogen) atoms. The van der Waals surface area contributed by atoms with Crippen LogP contribution in [0.15, 0.2) is 72.8 Å². The van der Waals surface area contributed by atoms with E-state index in [0.29, 0.717) is 25.2 Å². The number of methoxy groups -OCH3 is 2. The van der Waals surface area contributed by atoms with Gasteiger partial charge in [-0.25, -0.2) is 0 Å². The lowest BCUT2D eigenvalue weighted by atomic mass is 9.95. The van der Waals surface area contributed by atoms with E-state index < -0.39 is 6.04 Å². The minimum Gasteiger partial charge on any atom is -0.489 e. The predicted molar refractivity (Wildman–Crippen MR) is 140 cm³/mol. The third-order valence-corrected chi connectivity index (χ3v) is 5.97. The fourth-order valence-corrected chi connectivity index (χ4v) is 4.01. The lowest BCUT2D eigenvalue weighted by Gasteiger charge is -2.18. The summed E-state index contributed by atoms with van der Waals surface area (Å²) in [5.41, 5.74) is 11.1. The molecular weight excluding hydrogens is 456 g/mol. The predicted octanol–water partition coefficient (Wildman–Crippen LogP) is 3.67. The molecule has 0 amide bonds. The number of ether oxygens (including phenoxy) is 3. The van der Waals surface area contributed by atoms with Crippen LogP contribution in [0.3, 0.4) is 0 Å². The number of nitrogens with two attached hydrogens (primary N) is 1. The van der Waals surface area contributed by atoms with E-state index in [2.05, 4.69) is 11.4 Å². The summed E-state index contributed by atoms with van der Waals surface area (Å²) >= 11 is 0. The Balaban J connectivity index is 1.87. The number of hydrogen-bond acceptors (Lipinski definition) is 7. The third kappa shape index (κ3) is 7.66. The van der Waals surface area contributed by atoms with Gasteiger partial charge in [0.2, 0.25) is 0 Å². The number of rotatable bonds is 12. The molecule has 0 heterocycles. The Morgan fingerprint density at radius 3 is 2.28 bits per heavy atom. The van der Waals surface area contributed by atoms with Crippen molar-refractivity contribution in [1.82, 2.24) is 5.32 Å². The van der Waals surface area contributed by atoms with Gasteiger partial charge in [-0.1, -0.05) is 60.7 Å². The van der Waals surface area contributed by atoms with Crippen LogP contribution in [0.25, 0.3) is 11.1 Å². The van der Waals surface area contributed by atoms with E-state index in [1.807, 2.05) is 66.7 Å². The summed E-state index contributed by atoms with van der Waals surface area (Å²) in [7, 11) is 4.47. The zero-order chi connectivity index (χ0) is 25.9. The number of benzene rings is 3. The van der Waals surface area contributed by atoms with Crippen molar-refractivity contribution in [3.05, 3.63) is 89.5 Å². The van der Waals surface area contributed by atoms with Crippen molar-refractivity contribution in [2.45, 2.75) is 38.0 Å². The molecule has 0 bridgehead atoms. The molecule has 0 aliphatic heterocycles. The monoisotopic (exact) mass is 490 g/mol. The smallest absolute Gasteiger partial charge is 0.323 e. The molecule has 3 N–H and O–H groups in total. The summed E-state index contributed by atoms with van der Waals surface area (Å²) in [5, 5.41) is 3.03. The van der Waals surface area contributed by atoms with Crippen molar-refractivity contribution in [1.29, 1.82) is 0 Å². The quantitative estimate of drug-likeness (QED) is 0.374. The fourth-order valence-electron chi connectivity index (χ4n) is 4.01. The van der Waals surface area contributed by atoms with Crippen molar-refractivity contribution in [3.8, 4) is 16.9 Å². The molecule has 0 aliphatic rings. The molecule has 0 saturated heterocycles. The number of nitrogens with one attached hydrogen (secondary N) is 1. The normalized spacial score (nSPS) is 12.4. The molecule has 3 aromatic rings. The van der Waals surface area contributed by atoms with Crippen LogP contribution in [0.1, 0.15) is 23.1 Å². The molecule has 0 aliphatic carbocycles. The molecule has 7 nitrogen and oxygen atoms in total. The van der Waals surface area contributed by atoms with E-state index in [1.165, 1.54) is 14.2 Å². The Morgan fingerprint density at radius 1 is 0.861 bits per heavy atom. The lowest BCUT2D eigenvalue weighted by molar-refractivity contribution is -0.143. The molecule has 3 aromatic carbocycles. The molecule has 1 unspecified atom stereocenters. The van der Waals surface area contributed by atoms with Gasteiger partial charge in [-0.05, 0) is 53.4 Å². The highest BCUT2D eigenvalue weighted by Gasteiger charge is 2.20. The summed E-state index contributed by atoms with van der Waals surface area (Å²) < 4.78 is 15.8. The largest absolute Gasteiger partial charge is 0.489 e. The minimum absolute atomic E-state index is 0.164. The van der Waals surface area contributed by atoms with Crippen LogP contribution in [0.5, 0.6) is 5.75 Å². The van der Waals surface area contributed by atoms with Crippen molar-refractivity contribution in [2.75, 3.05) is 21.3 Å². The minimum atomic E-state index is -0.507. The van der Waals surface area contributed by atoms with Crippen molar-refractivity contribution in [3.63, 3.8) is 0 Å². The molecule has 0 fully saturated rings. The first-order chi connectivity index (χ1) is 17.4. The molecule has 2 atom stereocenters. The lowest BCUT2D eigenvalue weighted by Crippen LogP contribution is -2.37. The third-order valence-electron chi connectivity index (χ3n) is 5.97. The number of esters is 2. The standard InChI is InChI=1S/C29H34N2O5/c1-31-26(29(33)35-3)17-24-16-23(12-13-27(24)36-19-20-8-5-4-6-9-20)22-11-7-10-21(14-22)15-25(30)18-28(32)34-2/h4-14,16,25-26,31H,15,17-19,30H2,1-3H3/t25?,26-/m0/s1. The second-order valence-electron chi connectivity index (χ2n) is 8.61. The van der Waals surface area contributed by atoms with Crippen LogP contribution in [0, 0.1) is 0 Å². The van der Waals surface area contributed by atoms with Gasteiger partial charge in [0, 0.05) is 12.5 Å². The second-order valence-corrected chi connectivity index (χ2v) is 8.61. The topological polar surface area (TPSA) is 99.9 Å². The number of hydrogen-bond donors (Lipinski definition) is 2. The Hall–Kier alpha value is -3.68. The van der Waals surface area contributed by atoms with Crippen LogP contribution >= 0.6 is 0 Å². The molecule has 190 valence electrons. The highest BCUT2D eigenvalue weighted by molar-refractivity contribution is 5.76. The zero-order valence-electron chi connectivity index (χ0n) is 21.0. The molecule has 3 rings (SSSR count). The van der Waals surface area contributed by atoms with Gasteiger partial charge in [0.1, 0.15) is 18.4 Å². The Morgan fingerprint density at radius 2 is 1.58 bits per heavy atom. The van der Waals surface area contributed by atoms with E-state index in [-0.39, 0.29) is 24.4 Å².